The lowest BCUT2D eigenvalue weighted by Gasteiger charge is -2.09. The van der Waals surface area contributed by atoms with Crippen LogP contribution in [0.5, 0.6) is 5.75 Å². The van der Waals surface area contributed by atoms with Gasteiger partial charge in [0.2, 0.25) is 0 Å². The molecule has 0 spiro atoms. The number of hydrogen-bond donors (Lipinski definition) is 0. The molecule has 0 saturated heterocycles. The predicted octanol–water partition coefficient (Wildman–Crippen LogP) is 4.01. The fraction of sp³-hybridized carbons (Fsp3) is 0.133. The highest BCUT2D eigenvalue weighted by Gasteiger charge is 2.31. The number of rotatable bonds is 4. The van der Waals surface area contributed by atoms with Gasteiger partial charge in [-0.15, -0.1) is 13.2 Å². The maximum atomic E-state index is 12.1. The van der Waals surface area contributed by atoms with Crippen LogP contribution in [0.4, 0.5) is 13.2 Å². The van der Waals surface area contributed by atoms with Crippen molar-refractivity contribution in [2.24, 2.45) is 0 Å². The molecule has 0 aliphatic heterocycles. The lowest BCUT2D eigenvalue weighted by Crippen LogP contribution is -2.17. The van der Waals surface area contributed by atoms with Crippen molar-refractivity contribution in [3.63, 3.8) is 0 Å². The fourth-order valence-electron chi connectivity index (χ4n) is 1.75. The molecule has 0 saturated carbocycles. The van der Waals surface area contributed by atoms with Crippen molar-refractivity contribution in [3.8, 4) is 5.75 Å². The van der Waals surface area contributed by atoms with E-state index in [1.165, 1.54) is 12.1 Å². The van der Waals surface area contributed by atoms with Crippen LogP contribution in [0, 0.1) is 0 Å². The fourth-order valence-corrected chi connectivity index (χ4v) is 1.75. The van der Waals surface area contributed by atoms with Gasteiger partial charge < -0.3 is 4.74 Å². The summed E-state index contributed by atoms with van der Waals surface area (Å²) in [5.74, 6) is -0.653. The lowest BCUT2D eigenvalue weighted by molar-refractivity contribution is -0.274. The third-order valence-corrected chi connectivity index (χ3v) is 2.60. The average Bonchev–Trinajstić information content (AvgIpc) is 2.38. The van der Waals surface area contributed by atoms with Crippen LogP contribution in [0.2, 0.25) is 0 Å². The third-order valence-electron chi connectivity index (χ3n) is 2.60. The summed E-state index contributed by atoms with van der Waals surface area (Å²) in [6, 6.07) is 14.1. The highest BCUT2D eigenvalue weighted by Crippen LogP contribution is 2.23. The molecule has 0 atom stereocenters. The molecule has 5 heteroatoms. The number of ether oxygens (including phenoxy) is 1. The van der Waals surface area contributed by atoms with Crippen LogP contribution >= 0.6 is 0 Å². The van der Waals surface area contributed by atoms with Crippen LogP contribution in [0.25, 0.3) is 0 Å². The predicted molar refractivity (Wildman–Crippen MR) is 67.6 cm³/mol. The van der Waals surface area contributed by atoms with E-state index in [0.717, 1.165) is 17.7 Å². The van der Waals surface area contributed by atoms with Crippen molar-refractivity contribution < 1.29 is 22.7 Å². The summed E-state index contributed by atoms with van der Waals surface area (Å²) in [6.45, 7) is 0. The van der Waals surface area contributed by atoms with E-state index >= 15 is 0 Å². The van der Waals surface area contributed by atoms with Gasteiger partial charge in [0.15, 0.2) is 5.78 Å². The minimum Gasteiger partial charge on any atom is -0.406 e. The summed E-state index contributed by atoms with van der Waals surface area (Å²) in [4.78, 5) is 12.0. The minimum atomic E-state index is -4.76. The second kappa shape index (κ2) is 5.77. The first kappa shape index (κ1) is 14.1. The number of alkyl halides is 3. The SMILES string of the molecule is O=C(Cc1ccccc1)c1cccc(OC(F)(F)F)c1. The normalized spacial score (nSPS) is 11.2. The Bertz CT molecular complexity index is 592. The van der Waals surface area contributed by atoms with Gasteiger partial charge in [-0.1, -0.05) is 42.5 Å². The lowest BCUT2D eigenvalue weighted by atomic mass is 10.0. The maximum absolute atomic E-state index is 12.1. The second-order valence-corrected chi connectivity index (χ2v) is 4.16. The molecule has 0 aromatic heterocycles. The van der Waals surface area contributed by atoms with E-state index in [1.54, 1.807) is 24.3 Å². The average molecular weight is 280 g/mol. The van der Waals surface area contributed by atoms with Gasteiger partial charge in [-0.3, -0.25) is 4.79 Å². The van der Waals surface area contributed by atoms with Crippen LogP contribution in [0.15, 0.2) is 54.6 Å². The van der Waals surface area contributed by atoms with Gasteiger partial charge in [-0.25, -0.2) is 0 Å². The third kappa shape index (κ3) is 4.12. The molecule has 0 fully saturated rings. The summed E-state index contributed by atoms with van der Waals surface area (Å²) in [5.41, 5.74) is 0.996. The first-order valence-corrected chi connectivity index (χ1v) is 5.87. The molecule has 2 rings (SSSR count). The van der Waals surface area contributed by atoms with Crippen LogP contribution in [0.1, 0.15) is 15.9 Å². The number of ketones is 1. The number of Topliss-reactive ketones (excluding diaryl/α,β-unsaturated/α-hetero) is 1. The smallest absolute Gasteiger partial charge is 0.406 e. The number of carbonyl (C=O) groups is 1. The Morgan fingerprint density at radius 3 is 2.35 bits per heavy atom. The highest BCUT2D eigenvalue weighted by molar-refractivity contribution is 5.97. The van der Waals surface area contributed by atoms with Crippen LogP contribution in [0.3, 0.4) is 0 Å². The molecule has 0 amide bonds. The zero-order chi connectivity index (χ0) is 14.6. The molecule has 0 aliphatic carbocycles. The molecule has 0 unspecified atom stereocenters. The van der Waals surface area contributed by atoms with Crippen LogP contribution in [-0.2, 0) is 6.42 Å². The molecule has 0 bridgehead atoms. The maximum Gasteiger partial charge on any atom is 0.573 e. The molecule has 2 aromatic carbocycles. The topological polar surface area (TPSA) is 26.3 Å². The Morgan fingerprint density at radius 2 is 1.70 bits per heavy atom. The quantitative estimate of drug-likeness (QED) is 0.791. The van der Waals surface area contributed by atoms with Gasteiger partial charge in [-0.05, 0) is 17.7 Å². The van der Waals surface area contributed by atoms with Crippen molar-refractivity contribution in [1.29, 1.82) is 0 Å². The van der Waals surface area contributed by atoms with E-state index in [1.807, 2.05) is 6.07 Å². The molecule has 0 aliphatic rings. The number of carbonyl (C=O) groups excluding carboxylic acids is 1. The van der Waals surface area contributed by atoms with E-state index in [0.29, 0.717) is 0 Å². The Balaban J connectivity index is 2.12. The number of benzene rings is 2. The van der Waals surface area contributed by atoms with Gasteiger partial charge >= 0.3 is 6.36 Å². The van der Waals surface area contributed by atoms with E-state index in [2.05, 4.69) is 4.74 Å². The highest BCUT2D eigenvalue weighted by atomic mass is 19.4. The summed E-state index contributed by atoms with van der Waals surface area (Å²) >= 11 is 0. The summed E-state index contributed by atoms with van der Waals surface area (Å²) < 4.78 is 40.1. The van der Waals surface area contributed by atoms with Gasteiger partial charge in [0.05, 0.1) is 0 Å². The molecule has 0 radical (unpaired) electrons. The standard InChI is InChI=1S/C15H11F3O2/c16-15(17,18)20-13-8-4-7-12(10-13)14(19)9-11-5-2-1-3-6-11/h1-8,10H,9H2. The van der Waals surface area contributed by atoms with Crippen molar-refractivity contribution >= 4 is 5.78 Å². The van der Waals surface area contributed by atoms with Gasteiger partial charge in [-0.2, -0.15) is 0 Å². The molecule has 0 N–H and O–H groups in total. The Labute approximate surface area is 113 Å². The molecular formula is C15H11F3O2. The molecule has 0 heterocycles. The van der Waals surface area contributed by atoms with E-state index in [4.69, 9.17) is 0 Å². The first-order chi connectivity index (χ1) is 9.44. The van der Waals surface area contributed by atoms with Crippen LogP contribution < -0.4 is 4.74 Å². The molecular weight excluding hydrogens is 269 g/mol. The van der Waals surface area contributed by atoms with Gasteiger partial charge in [0.1, 0.15) is 5.75 Å². The zero-order valence-corrected chi connectivity index (χ0v) is 10.4. The Kier molecular flexibility index (Phi) is 4.08. The number of hydrogen-bond acceptors (Lipinski definition) is 2. The van der Waals surface area contributed by atoms with E-state index < -0.39 is 12.1 Å². The summed E-state index contributed by atoms with van der Waals surface area (Å²) in [6.07, 6.45) is -4.63. The van der Waals surface area contributed by atoms with Gasteiger partial charge in [0, 0.05) is 12.0 Å². The minimum absolute atomic E-state index is 0.135. The zero-order valence-electron chi connectivity index (χ0n) is 10.4. The first-order valence-electron chi connectivity index (χ1n) is 5.87. The number of halogens is 3. The largest absolute Gasteiger partial charge is 0.573 e. The van der Waals surface area contributed by atoms with Crippen molar-refractivity contribution in [1.82, 2.24) is 0 Å². The molecule has 2 aromatic rings. The van der Waals surface area contributed by atoms with Crippen molar-refractivity contribution in [2.75, 3.05) is 0 Å². The van der Waals surface area contributed by atoms with E-state index in [-0.39, 0.29) is 17.8 Å². The van der Waals surface area contributed by atoms with E-state index in [9.17, 15) is 18.0 Å². The summed E-state index contributed by atoms with van der Waals surface area (Å²) in [5, 5.41) is 0. The van der Waals surface area contributed by atoms with Gasteiger partial charge in [0.25, 0.3) is 0 Å². The molecule has 20 heavy (non-hydrogen) atoms. The summed E-state index contributed by atoms with van der Waals surface area (Å²) in [7, 11) is 0. The Morgan fingerprint density at radius 1 is 1.00 bits per heavy atom. The van der Waals surface area contributed by atoms with Crippen molar-refractivity contribution in [2.45, 2.75) is 12.8 Å². The second-order valence-electron chi connectivity index (χ2n) is 4.16. The Hall–Kier alpha value is -2.30. The van der Waals surface area contributed by atoms with Crippen molar-refractivity contribution in [3.05, 3.63) is 65.7 Å². The van der Waals surface area contributed by atoms with Crippen LogP contribution in [-0.4, -0.2) is 12.1 Å². The molecule has 2 nitrogen and oxygen atoms in total. The molecule has 104 valence electrons. The monoisotopic (exact) mass is 280 g/mol.